The minimum atomic E-state index is -2.86. The summed E-state index contributed by atoms with van der Waals surface area (Å²) in [6, 6.07) is 9.75. The van der Waals surface area contributed by atoms with Crippen LogP contribution in [0.5, 0.6) is 0 Å². The van der Waals surface area contributed by atoms with Crippen LogP contribution in [0, 0.1) is 5.41 Å². The quantitative estimate of drug-likeness (QED) is 0.482. The summed E-state index contributed by atoms with van der Waals surface area (Å²) in [6.45, 7) is 1.41. The van der Waals surface area contributed by atoms with Crippen molar-refractivity contribution in [3.8, 4) is 0 Å². The fourth-order valence-corrected chi connectivity index (χ4v) is 4.76. The van der Waals surface area contributed by atoms with Gasteiger partial charge < -0.3 is 10.2 Å². The summed E-state index contributed by atoms with van der Waals surface area (Å²) in [6.07, 6.45) is 6.63. The van der Waals surface area contributed by atoms with Gasteiger partial charge in [-0.1, -0.05) is 12.1 Å². The second kappa shape index (κ2) is 9.17. The number of benzene rings is 1. The van der Waals surface area contributed by atoms with E-state index in [4.69, 9.17) is 0 Å². The molecule has 0 saturated heterocycles. The van der Waals surface area contributed by atoms with Crippen molar-refractivity contribution in [1.29, 1.82) is 0 Å². The number of nitrogens with one attached hydrogen (secondary N) is 2. The Kier molecular flexibility index (Phi) is 6.47. The number of amides is 1. The van der Waals surface area contributed by atoms with Crippen molar-refractivity contribution in [1.82, 2.24) is 25.4 Å². The zero-order valence-electron chi connectivity index (χ0n) is 19.3. The number of hydrogen-bond donors (Lipinski definition) is 2. The Bertz CT molecular complexity index is 1090. The highest BCUT2D eigenvalue weighted by Gasteiger charge is 2.63. The van der Waals surface area contributed by atoms with Gasteiger partial charge >= 0.3 is 0 Å². The van der Waals surface area contributed by atoms with Crippen molar-refractivity contribution in [3.05, 3.63) is 60.0 Å². The lowest BCUT2D eigenvalue weighted by molar-refractivity contribution is -0.123. The van der Waals surface area contributed by atoms with Gasteiger partial charge in [-0.25, -0.2) is 8.78 Å². The van der Waals surface area contributed by atoms with E-state index in [1.807, 2.05) is 20.2 Å². The largest absolute Gasteiger partial charge is 0.355 e. The number of pyridine rings is 1. The van der Waals surface area contributed by atoms with Gasteiger partial charge in [0.1, 0.15) is 0 Å². The third-order valence-electron chi connectivity index (χ3n) is 7.05. The lowest BCUT2D eigenvalue weighted by atomic mass is 9.77. The van der Waals surface area contributed by atoms with E-state index >= 15 is 0 Å². The number of fused-ring (bicyclic) bond motifs is 1. The average Bonchev–Trinajstić information content (AvgIpc) is 3.47. The lowest BCUT2D eigenvalue weighted by Crippen LogP contribution is -2.43. The molecule has 8 heteroatoms. The van der Waals surface area contributed by atoms with Gasteiger partial charge in [0, 0.05) is 48.1 Å². The molecule has 0 spiro atoms. The van der Waals surface area contributed by atoms with Crippen LogP contribution in [0.15, 0.2) is 48.9 Å². The Labute approximate surface area is 192 Å². The molecule has 0 radical (unpaired) electrons. The van der Waals surface area contributed by atoms with Crippen molar-refractivity contribution in [2.75, 3.05) is 20.6 Å². The molecule has 0 aliphatic heterocycles. The SMILES string of the molecule is CN(C)[C@H](CNC(=O)C[C@H](c1cccnc1)C1(C(C)(F)F)CC1)Cc1ccc2[nH]ncc2c1. The zero-order valence-corrected chi connectivity index (χ0v) is 19.3. The minimum Gasteiger partial charge on any atom is -0.355 e. The maximum atomic E-state index is 14.5. The van der Waals surface area contributed by atoms with Crippen LogP contribution in [0.2, 0.25) is 0 Å². The monoisotopic (exact) mass is 455 g/mol. The van der Waals surface area contributed by atoms with Gasteiger partial charge in [-0.2, -0.15) is 5.10 Å². The van der Waals surface area contributed by atoms with Crippen LogP contribution in [-0.2, 0) is 11.2 Å². The molecular weight excluding hydrogens is 424 g/mol. The van der Waals surface area contributed by atoms with Crippen LogP contribution < -0.4 is 5.32 Å². The van der Waals surface area contributed by atoms with E-state index in [1.165, 1.54) is 0 Å². The van der Waals surface area contributed by atoms with E-state index < -0.39 is 17.3 Å². The van der Waals surface area contributed by atoms with Gasteiger partial charge in [0.25, 0.3) is 5.92 Å². The Hall–Kier alpha value is -2.87. The fourth-order valence-electron chi connectivity index (χ4n) is 4.76. The van der Waals surface area contributed by atoms with Crippen molar-refractivity contribution in [2.24, 2.45) is 5.41 Å². The predicted octanol–water partition coefficient (Wildman–Crippen LogP) is 4.16. The molecule has 33 heavy (non-hydrogen) atoms. The van der Waals surface area contributed by atoms with E-state index in [-0.39, 0.29) is 18.4 Å². The van der Waals surface area contributed by atoms with Gasteiger partial charge in [0.15, 0.2) is 0 Å². The Morgan fingerprint density at radius 1 is 1.27 bits per heavy atom. The lowest BCUT2D eigenvalue weighted by Gasteiger charge is -2.32. The number of carbonyl (C=O) groups is 1. The molecule has 3 aromatic rings. The highest BCUT2D eigenvalue weighted by molar-refractivity contribution is 5.78. The molecule has 176 valence electrons. The maximum Gasteiger partial charge on any atom is 0.251 e. The summed E-state index contributed by atoms with van der Waals surface area (Å²) in [7, 11) is 3.95. The first-order valence-corrected chi connectivity index (χ1v) is 11.3. The standard InChI is InChI=1S/C25H31F2N5O/c1-24(26,27)25(8-9-25)21(18-5-4-10-28-14-18)13-23(33)29-16-20(32(2)3)12-17-6-7-22-19(11-17)15-30-31-22/h4-7,10-11,14-15,20-21H,8-9,12-13,16H2,1-3H3,(H,29,33)(H,30,31)/t20-,21+/m0/s1. The van der Waals surface area contributed by atoms with Gasteiger partial charge in [-0.05, 0) is 69.6 Å². The number of alkyl halides is 2. The fraction of sp³-hybridized carbons (Fsp3) is 0.480. The minimum absolute atomic E-state index is 0.0241. The molecule has 1 aliphatic carbocycles. The number of carbonyl (C=O) groups excluding carboxylic acids is 1. The van der Waals surface area contributed by atoms with Crippen LogP contribution >= 0.6 is 0 Å². The van der Waals surface area contributed by atoms with Crippen LogP contribution in [0.1, 0.15) is 43.2 Å². The summed E-state index contributed by atoms with van der Waals surface area (Å²) in [4.78, 5) is 19.1. The molecule has 1 aromatic carbocycles. The van der Waals surface area contributed by atoms with Gasteiger partial charge in [-0.15, -0.1) is 0 Å². The van der Waals surface area contributed by atoms with E-state index in [2.05, 4.69) is 37.5 Å². The first-order valence-electron chi connectivity index (χ1n) is 11.3. The Morgan fingerprint density at radius 3 is 2.70 bits per heavy atom. The first-order chi connectivity index (χ1) is 15.7. The molecule has 0 bridgehead atoms. The van der Waals surface area contributed by atoms with Gasteiger partial charge in [0.05, 0.1) is 11.7 Å². The highest BCUT2D eigenvalue weighted by Crippen LogP contribution is 2.65. The Morgan fingerprint density at radius 2 is 2.06 bits per heavy atom. The Balaban J connectivity index is 1.43. The average molecular weight is 456 g/mol. The first kappa shape index (κ1) is 23.3. The predicted molar refractivity (Wildman–Crippen MR) is 124 cm³/mol. The number of halogens is 2. The maximum absolute atomic E-state index is 14.5. The molecule has 2 N–H and O–H groups in total. The summed E-state index contributed by atoms with van der Waals surface area (Å²) in [5.41, 5.74) is 1.66. The normalized spacial score (nSPS) is 17.2. The van der Waals surface area contributed by atoms with Gasteiger partial charge in [0.2, 0.25) is 5.91 Å². The molecule has 1 fully saturated rings. The number of aromatic nitrogens is 3. The molecule has 0 unspecified atom stereocenters. The molecule has 2 aromatic heterocycles. The summed E-state index contributed by atoms with van der Waals surface area (Å²) in [5, 5.41) is 11.1. The van der Waals surface area contributed by atoms with Crippen LogP contribution in [0.3, 0.4) is 0 Å². The van der Waals surface area contributed by atoms with E-state index in [1.54, 1.807) is 30.7 Å². The van der Waals surface area contributed by atoms with E-state index in [9.17, 15) is 13.6 Å². The van der Waals surface area contributed by atoms with Gasteiger partial charge in [-0.3, -0.25) is 14.9 Å². The smallest absolute Gasteiger partial charge is 0.251 e. The summed E-state index contributed by atoms with van der Waals surface area (Å²) >= 11 is 0. The topological polar surface area (TPSA) is 73.9 Å². The van der Waals surface area contributed by atoms with Crippen LogP contribution in [0.4, 0.5) is 8.78 Å². The third-order valence-corrected chi connectivity index (χ3v) is 7.05. The summed E-state index contributed by atoms with van der Waals surface area (Å²) < 4.78 is 29.1. The number of H-pyrrole nitrogens is 1. The van der Waals surface area contributed by atoms with Crippen molar-refractivity contribution in [2.45, 2.75) is 50.5 Å². The van der Waals surface area contributed by atoms with Crippen molar-refractivity contribution >= 4 is 16.8 Å². The second-order valence-corrected chi connectivity index (χ2v) is 9.50. The number of aromatic amines is 1. The van der Waals surface area contributed by atoms with E-state index in [0.29, 0.717) is 24.9 Å². The number of hydrogen-bond acceptors (Lipinski definition) is 4. The number of nitrogens with zero attached hydrogens (tertiary/aromatic N) is 3. The zero-order chi connectivity index (χ0) is 23.6. The second-order valence-electron chi connectivity index (χ2n) is 9.50. The molecule has 1 amide bonds. The molecule has 1 aliphatic rings. The van der Waals surface area contributed by atoms with Crippen molar-refractivity contribution < 1.29 is 13.6 Å². The van der Waals surface area contributed by atoms with E-state index in [0.717, 1.165) is 29.8 Å². The van der Waals surface area contributed by atoms with Crippen LogP contribution in [-0.4, -0.2) is 58.6 Å². The third kappa shape index (κ3) is 5.05. The number of rotatable bonds is 10. The number of likely N-dealkylation sites (N-methyl/N-ethyl adjacent to an activating group) is 1. The van der Waals surface area contributed by atoms with Crippen molar-refractivity contribution in [3.63, 3.8) is 0 Å². The van der Waals surface area contributed by atoms with Crippen LogP contribution in [0.25, 0.3) is 10.9 Å². The molecule has 2 atom stereocenters. The molecule has 2 heterocycles. The molecule has 6 nitrogen and oxygen atoms in total. The molecule has 1 saturated carbocycles. The summed E-state index contributed by atoms with van der Waals surface area (Å²) in [5.74, 6) is -3.63. The highest BCUT2D eigenvalue weighted by atomic mass is 19.3. The molecular formula is C25H31F2N5O. The molecule has 4 rings (SSSR count).